The second-order valence-corrected chi connectivity index (χ2v) is 4.59. The van der Waals surface area contributed by atoms with E-state index in [4.69, 9.17) is 22.2 Å². The number of pyridine rings is 1. The highest BCUT2D eigenvalue weighted by Crippen LogP contribution is 2.27. The van der Waals surface area contributed by atoms with E-state index >= 15 is 0 Å². The third kappa shape index (κ3) is 3.25. The Kier molecular flexibility index (Phi) is 4.89. The number of ether oxygens (including phenoxy) is 1. The first-order valence-corrected chi connectivity index (χ1v) is 6.52. The molecule has 0 fully saturated rings. The van der Waals surface area contributed by atoms with Crippen molar-refractivity contribution in [3.8, 4) is 5.75 Å². The molecule has 1 aromatic heterocycles. The van der Waals surface area contributed by atoms with Crippen molar-refractivity contribution in [1.29, 1.82) is 0 Å². The summed E-state index contributed by atoms with van der Waals surface area (Å²) < 4.78 is 19.4. The lowest BCUT2D eigenvalue weighted by Gasteiger charge is -2.18. The van der Waals surface area contributed by atoms with Crippen LogP contribution in [0.1, 0.15) is 24.1 Å². The Morgan fingerprint density at radius 1 is 1.40 bits per heavy atom. The van der Waals surface area contributed by atoms with Gasteiger partial charge in [0, 0.05) is 16.8 Å². The Bertz CT molecular complexity index is 594. The normalized spacial score (nSPS) is 12.2. The van der Waals surface area contributed by atoms with E-state index in [9.17, 15) is 4.39 Å². The zero-order valence-corrected chi connectivity index (χ0v) is 11.7. The molecule has 2 aromatic rings. The number of hydrogen-bond donors (Lipinski definition) is 2. The smallest absolute Gasteiger partial charge is 0.137 e. The van der Waals surface area contributed by atoms with Gasteiger partial charge in [0.2, 0.25) is 0 Å². The first-order chi connectivity index (χ1) is 9.65. The molecule has 1 unspecified atom stereocenters. The lowest BCUT2D eigenvalue weighted by molar-refractivity contribution is 0.338. The lowest BCUT2D eigenvalue weighted by Crippen LogP contribution is -2.29. The first kappa shape index (κ1) is 14.7. The first-order valence-electron chi connectivity index (χ1n) is 6.14. The molecule has 2 rings (SSSR count). The van der Waals surface area contributed by atoms with E-state index in [1.807, 2.05) is 6.92 Å². The van der Waals surface area contributed by atoms with Gasteiger partial charge in [-0.3, -0.25) is 10.8 Å². The molecule has 106 valence electrons. The monoisotopic (exact) mass is 295 g/mol. The molecule has 0 spiro atoms. The van der Waals surface area contributed by atoms with Crippen LogP contribution in [0, 0.1) is 5.82 Å². The minimum absolute atomic E-state index is 0.336. The van der Waals surface area contributed by atoms with Crippen LogP contribution in [-0.4, -0.2) is 11.6 Å². The van der Waals surface area contributed by atoms with Gasteiger partial charge >= 0.3 is 0 Å². The van der Waals surface area contributed by atoms with E-state index in [2.05, 4.69) is 10.4 Å². The molecule has 0 amide bonds. The Hall–Kier alpha value is -1.69. The molecule has 0 saturated carbocycles. The van der Waals surface area contributed by atoms with E-state index in [1.165, 1.54) is 6.07 Å². The largest absolute Gasteiger partial charge is 0.492 e. The predicted molar refractivity (Wildman–Crippen MR) is 76.0 cm³/mol. The van der Waals surface area contributed by atoms with Gasteiger partial charge in [-0.1, -0.05) is 17.7 Å². The maximum Gasteiger partial charge on any atom is 0.137 e. The summed E-state index contributed by atoms with van der Waals surface area (Å²) in [5.41, 5.74) is 3.69. The van der Waals surface area contributed by atoms with Crippen LogP contribution in [0.4, 0.5) is 4.39 Å². The zero-order chi connectivity index (χ0) is 14.5. The molecule has 0 aliphatic rings. The zero-order valence-electron chi connectivity index (χ0n) is 10.9. The van der Waals surface area contributed by atoms with Crippen LogP contribution in [0.25, 0.3) is 0 Å². The summed E-state index contributed by atoms with van der Waals surface area (Å²) in [4.78, 5) is 4.08. The SMILES string of the molecule is CCOc1cncc(C(NN)c2ccc(Cl)cc2F)c1. The number of nitrogens with one attached hydrogen (secondary N) is 1. The molecule has 0 radical (unpaired) electrons. The highest BCUT2D eigenvalue weighted by molar-refractivity contribution is 6.30. The fourth-order valence-electron chi connectivity index (χ4n) is 1.94. The van der Waals surface area contributed by atoms with Crippen LogP contribution in [-0.2, 0) is 0 Å². The van der Waals surface area contributed by atoms with Crippen molar-refractivity contribution in [2.75, 3.05) is 6.61 Å². The van der Waals surface area contributed by atoms with Gasteiger partial charge in [-0.15, -0.1) is 0 Å². The van der Waals surface area contributed by atoms with Gasteiger partial charge < -0.3 is 4.74 Å². The average Bonchev–Trinajstić information content (AvgIpc) is 2.43. The molecule has 1 atom stereocenters. The van der Waals surface area contributed by atoms with Crippen LogP contribution in [0.2, 0.25) is 5.02 Å². The molecule has 3 N–H and O–H groups in total. The molecular weight excluding hydrogens is 281 g/mol. The molecule has 0 aliphatic carbocycles. The highest BCUT2D eigenvalue weighted by atomic mass is 35.5. The second kappa shape index (κ2) is 6.65. The van der Waals surface area contributed by atoms with Crippen LogP contribution < -0.4 is 16.0 Å². The number of rotatable bonds is 5. The molecule has 6 heteroatoms. The summed E-state index contributed by atoms with van der Waals surface area (Å²) in [5.74, 6) is 5.73. The quantitative estimate of drug-likeness (QED) is 0.658. The average molecular weight is 296 g/mol. The number of halogens is 2. The fraction of sp³-hybridized carbons (Fsp3) is 0.214. The van der Waals surface area contributed by atoms with E-state index in [1.54, 1.807) is 30.6 Å². The van der Waals surface area contributed by atoms with E-state index in [0.717, 1.165) is 0 Å². The summed E-state index contributed by atoms with van der Waals surface area (Å²) >= 11 is 5.75. The summed E-state index contributed by atoms with van der Waals surface area (Å²) in [6.45, 7) is 2.41. The second-order valence-electron chi connectivity index (χ2n) is 4.15. The molecule has 0 saturated heterocycles. The van der Waals surface area contributed by atoms with E-state index in [-0.39, 0.29) is 0 Å². The maximum atomic E-state index is 14.0. The van der Waals surface area contributed by atoms with Crippen molar-refractivity contribution < 1.29 is 9.13 Å². The van der Waals surface area contributed by atoms with E-state index in [0.29, 0.717) is 28.5 Å². The van der Waals surface area contributed by atoms with Gasteiger partial charge in [0.1, 0.15) is 11.6 Å². The summed E-state index contributed by atoms with van der Waals surface area (Å²) in [5, 5.41) is 0.336. The topological polar surface area (TPSA) is 60.2 Å². The van der Waals surface area contributed by atoms with Gasteiger partial charge in [-0.05, 0) is 30.7 Å². The molecule has 0 bridgehead atoms. The van der Waals surface area contributed by atoms with Crippen molar-refractivity contribution >= 4 is 11.6 Å². The number of hydrazine groups is 1. The third-order valence-corrected chi connectivity index (χ3v) is 3.05. The minimum atomic E-state index is -0.528. The van der Waals surface area contributed by atoms with Crippen LogP contribution in [0.5, 0.6) is 5.75 Å². The minimum Gasteiger partial charge on any atom is -0.492 e. The maximum absolute atomic E-state index is 14.0. The lowest BCUT2D eigenvalue weighted by atomic mass is 10.0. The third-order valence-electron chi connectivity index (χ3n) is 2.82. The number of aromatic nitrogens is 1. The molecule has 4 nitrogen and oxygen atoms in total. The molecule has 0 aliphatic heterocycles. The van der Waals surface area contributed by atoms with E-state index < -0.39 is 11.9 Å². The van der Waals surface area contributed by atoms with Crippen molar-refractivity contribution in [2.24, 2.45) is 5.84 Å². The summed E-state index contributed by atoms with van der Waals surface area (Å²) in [6.07, 6.45) is 3.21. The van der Waals surface area contributed by atoms with Gasteiger partial charge in [-0.25, -0.2) is 9.82 Å². The van der Waals surface area contributed by atoms with Crippen molar-refractivity contribution in [3.05, 3.63) is 58.6 Å². The molecular formula is C14H15ClFN3O. The van der Waals surface area contributed by atoms with Crippen molar-refractivity contribution in [2.45, 2.75) is 13.0 Å². The number of nitrogens with zero attached hydrogens (tertiary/aromatic N) is 1. The fourth-order valence-corrected chi connectivity index (χ4v) is 2.10. The van der Waals surface area contributed by atoms with Crippen molar-refractivity contribution in [3.63, 3.8) is 0 Å². The van der Waals surface area contributed by atoms with Crippen LogP contribution in [0.3, 0.4) is 0 Å². The number of hydrogen-bond acceptors (Lipinski definition) is 4. The van der Waals surface area contributed by atoms with Gasteiger partial charge in [-0.2, -0.15) is 0 Å². The van der Waals surface area contributed by atoms with Crippen LogP contribution in [0.15, 0.2) is 36.7 Å². The Balaban J connectivity index is 2.38. The molecule has 20 heavy (non-hydrogen) atoms. The number of nitrogens with two attached hydrogens (primary N) is 1. The molecule has 1 heterocycles. The van der Waals surface area contributed by atoms with Crippen LogP contribution >= 0.6 is 11.6 Å². The van der Waals surface area contributed by atoms with Gasteiger partial charge in [0.15, 0.2) is 0 Å². The van der Waals surface area contributed by atoms with Gasteiger partial charge in [0.05, 0.1) is 18.8 Å². The highest BCUT2D eigenvalue weighted by Gasteiger charge is 2.17. The summed E-state index contributed by atoms with van der Waals surface area (Å²) in [7, 11) is 0. The van der Waals surface area contributed by atoms with Crippen molar-refractivity contribution in [1.82, 2.24) is 10.4 Å². The Morgan fingerprint density at radius 3 is 2.85 bits per heavy atom. The number of benzene rings is 1. The standard InChI is InChI=1S/C14H15ClFN3O/c1-2-20-11-5-9(7-18-8-11)14(19-17)12-4-3-10(15)6-13(12)16/h3-8,14,19H,2,17H2,1H3. The Labute approximate surface area is 121 Å². The Morgan fingerprint density at radius 2 is 2.20 bits per heavy atom. The molecule has 1 aromatic carbocycles. The van der Waals surface area contributed by atoms with Gasteiger partial charge in [0.25, 0.3) is 0 Å². The predicted octanol–water partition coefficient (Wildman–Crippen LogP) is 2.83. The summed E-state index contributed by atoms with van der Waals surface area (Å²) in [6, 6.07) is 5.70.